The minimum atomic E-state index is 0.787. The van der Waals surface area contributed by atoms with Crippen LogP contribution < -0.4 is 4.90 Å². The fourth-order valence-corrected chi connectivity index (χ4v) is 3.64. The van der Waals surface area contributed by atoms with Gasteiger partial charge in [0.2, 0.25) is 0 Å². The summed E-state index contributed by atoms with van der Waals surface area (Å²) in [7, 11) is 0. The van der Waals surface area contributed by atoms with Crippen molar-refractivity contribution < 1.29 is 0 Å². The lowest BCUT2D eigenvalue weighted by Gasteiger charge is -2.36. The number of halogens is 2. The van der Waals surface area contributed by atoms with Crippen molar-refractivity contribution in [2.24, 2.45) is 0 Å². The Morgan fingerprint density at radius 3 is 2.33 bits per heavy atom. The molecular formula is C19H19Cl2N3. The van der Waals surface area contributed by atoms with Crippen molar-refractivity contribution in [2.45, 2.75) is 6.54 Å². The average molecular weight is 360 g/mol. The number of nitrogens with zero attached hydrogens (tertiary/aromatic N) is 2. The molecule has 0 bridgehead atoms. The highest BCUT2D eigenvalue weighted by Gasteiger charge is 2.18. The Bertz CT molecular complexity index is 833. The van der Waals surface area contributed by atoms with Crippen LogP contribution in [-0.4, -0.2) is 36.1 Å². The summed E-state index contributed by atoms with van der Waals surface area (Å²) >= 11 is 12.1. The molecule has 1 aliphatic heterocycles. The van der Waals surface area contributed by atoms with Gasteiger partial charge in [0.25, 0.3) is 0 Å². The van der Waals surface area contributed by atoms with Crippen LogP contribution in [-0.2, 0) is 6.54 Å². The van der Waals surface area contributed by atoms with Gasteiger partial charge in [0.15, 0.2) is 0 Å². The fourth-order valence-electron chi connectivity index (χ4n) is 3.34. The topological polar surface area (TPSA) is 22.3 Å². The highest BCUT2D eigenvalue weighted by atomic mass is 35.5. The summed E-state index contributed by atoms with van der Waals surface area (Å²) < 4.78 is 0. The molecule has 1 saturated heterocycles. The number of hydrogen-bond donors (Lipinski definition) is 1. The molecule has 2 heterocycles. The first-order valence-corrected chi connectivity index (χ1v) is 8.93. The smallest absolute Gasteiger partial charge is 0.0458 e. The van der Waals surface area contributed by atoms with E-state index in [1.807, 2.05) is 30.3 Å². The van der Waals surface area contributed by atoms with E-state index in [0.717, 1.165) is 48.3 Å². The quantitative estimate of drug-likeness (QED) is 0.725. The minimum Gasteiger partial charge on any atom is -0.369 e. The largest absolute Gasteiger partial charge is 0.369 e. The maximum Gasteiger partial charge on any atom is 0.0458 e. The van der Waals surface area contributed by atoms with Gasteiger partial charge in [-0.15, -0.1) is 0 Å². The zero-order valence-electron chi connectivity index (χ0n) is 13.3. The second-order valence-electron chi connectivity index (χ2n) is 6.24. The first kappa shape index (κ1) is 15.8. The maximum atomic E-state index is 6.14. The SMILES string of the molecule is Clc1ccc(N2CCN(Cc3c[nH]c4ccc(Cl)cc34)CC2)cc1. The summed E-state index contributed by atoms with van der Waals surface area (Å²) in [5.74, 6) is 0. The molecule has 1 fully saturated rings. The maximum absolute atomic E-state index is 6.14. The Balaban J connectivity index is 1.42. The molecule has 124 valence electrons. The average Bonchev–Trinajstić information content (AvgIpc) is 2.98. The van der Waals surface area contributed by atoms with Crippen molar-refractivity contribution in [1.29, 1.82) is 0 Å². The molecule has 1 aromatic heterocycles. The third kappa shape index (κ3) is 3.25. The number of hydrogen-bond acceptors (Lipinski definition) is 2. The van der Waals surface area contributed by atoms with Crippen molar-refractivity contribution in [3.05, 3.63) is 64.3 Å². The van der Waals surface area contributed by atoms with Gasteiger partial charge in [-0.2, -0.15) is 0 Å². The number of aromatic nitrogens is 1. The molecule has 24 heavy (non-hydrogen) atoms. The van der Waals surface area contributed by atoms with Gasteiger partial charge in [0.1, 0.15) is 0 Å². The lowest BCUT2D eigenvalue weighted by Crippen LogP contribution is -2.45. The number of fused-ring (bicyclic) bond motifs is 1. The van der Waals surface area contributed by atoms with Gasteiger partial charge in [-0.25, -0.2) is 0 Å². The second-order valence-corrected chi connectivity index (χ2v) is 7.12. The highest BCUT2D eigenvalue weighted by Crippen LogP contribution is 2.25. The van der Waals surface area contributed by atoms with E-state index in [0.29, 0.717) is 0 Å². The summed E-state index contributed by atoms with van der Waals surface area (Å²) in [6.45, 7) is 5.12. The lowest BCUT2D eigenvalue weighted by molar-refractivity contribution is 0.250. The molecule has 4 rings (SSSR count). The van der Waals surface area contributed by atoms with Crippen LogP contribution in [0.15, 0.2) is 48.7 Å². The van der Waals surface area contributed by atoms with Crippen molar-refractivity contribution in [1.82, 2.24) is 9.88 Å². The Labute approximate surface area is 151 Å². The number of benzene rings is 2. The van der Waals surface area contributed by atoms with E-state index in [-0.39, 0.29) is 0 Å². The van der Waals surface area contributed by atoms with Crippen LogP contribution in [0.5, 0.6) is 0 Å². The molecule has 1 N–H and O–H groups in total. The number of rotatable bonds is 3. The van der Waals surface area contributed by atoms with Crippen LogP contribution in [0, 0.1) is 0 Å². The van der Waals surface area contributed by atoms with Gasteiger partial charge in [0.05, 0.1) is 0 Å². The normalized spacial score (nSPS) is 16.0. The van der Waals surface area contributed by atoms with Crippen molar-refractivity contribution in [2.75, 3.05) is 31.1 Å². The van der Waals surface area contributed by atoms with Gasteiger partial charge >= 0.3 is 0 Å². The van der Waals surface area contributed by atoms with E-state index >= 15 is 0 Å². The van der Waals surface area contributed by atoms with Crippen LogP contribution in [0.4, 0.5) is 5.69 Å². The molecule has 0 radical (unpaired) electrons. The molecule has 0 unspecified atom stereocenters. The Morgan fingerprint density at radius 1 is 0.875 bits per heavy atom. The summed E-state index contributed by atoms with van der Waals surface area (Å²) in [5.41, 5.74) is 3.71. The number of nitrogens with one attached hydrogen (secondary N) is 1. The van der Waals surface area contributed by atoms with Gasteiger partial charge in [-0.3, -0.25) is 4.90 Å². The lowest BCUT2D eigenvalue weighted by atomic mass is 10.1. The van der Waals surface area contributed by atoms with Gasteiger partial charge in [-0.05, 0) is 48.0 Å². The predicted octanol–water partition coefficient (Wildman–Crippen LogP) is 4.80. The first-order valence-electron chi connectivity index (χ1n) is 8.17. The number of H-pyrrole nitrogens is 1. The molecule has 0 spiro atoms. The van der Waals surface area contributed by atoms with E-state index < -0.39 is 0 Å². The third-order valence-corrected chi connectivity index (χ3v) is 5.17. The molecule has 3 nitrogen and oxygen atoms in total. The molecular weight excluding hydrogens is 341 g/mol. The molecule has 5 heteroatoms. The first-order chi connectivity index (χ1) is 11.7. The third-order valence-electron chi connectivity index (χ3n) is 4.69. The number of piperazine rings is 1. The summed E-state index contributed by atoms with van der Waals surface area (Å²) in [6, 6.07) is 14.1. The molecule has 0 saturated carbocycles. The van der Waals surface area contributed by atoms with Crippen molar-refractivity contribution in [3.8, 4) is 0 Å². The molecule has 1 aliphatic rings. The van der Waals surface area contributed by atoms with Crippen LogP contribution in [0.25, 0.3) is 10.9 Å². The number of aromatic amines is 1. The van der Waals surface area contributed by atoms with E-state index in [1.165, 1.54) is 16.6 Å². The van der Waals surface area contributed by atoms with Gasteiger partial charge < -0.3 is 9.88 Å². The van der Waals surface area contributed by atoms with Crippen LogP contribution in [0.3, 0.4) is 0 Å². The van der Waals surface area contributed by atoms with Crippen molar-refractivity contribution >= 4 is 39.8 Å². The second kappa shape index (κ2) is 6.67. The van der Waals surface area contributed by atoms with E-state index in [1.54, 1.807) is 0 Å². The fraction of sp³-hybridized carbons (Fsp3) is 0.263. The summed E-state index contributed by atoms with van der Waals surface area (Å²) in [6.07, 6.45) is 2.10. The molecule has 0 amide bonds. The van der Waals surface area contributed by atoms with E-state index in [2.05, 4.69) is 33.1 Å². The van der Waals surface area contributed by atoms with Crippen molar-refractivity contribution in [3.63, 3.8) is 0 Å². The molecule has 3 aromatic rings. The number of anilines is 1. The zero-order chi connectivity index (χ0) is 16.5. The predicted molar refractivity (Wildman–Crippen MR) is 102 cm³/mol. The Hall–Kier alpha value is -1.68. The van der Waals surface area contributed by atoms with Gasteiger partial charge in [-0.1, -0.05) is 23.2 Å². The zero-order valence-corrected chi connectivity index (χ0v) is 14.8. The van der Waals surface area contributed by atoms with E-state index in [4.69, 9.17) is 23.2 Å². The molecule has 0 atom stereocenters. The van der Waals surface area contributed by atoms with Crippen LogP contribution in [0.1, 0.15) is 5.56 Å². The monoisotopic (exact) mass is 359 g/mol. The summed E-state index contributed by atoms with van der Waals surface area (Å²) in [4.78, 5) is 8.25. The van der Waals surface area contributed by atoms with Crippen LogP contribution in [0.2, 0.25) is 10.0 Å². The minimum absolute atomic E-state index is 0.787. The Kier molecular flexibility index (Phi) is 4.40. The van der Waals surface area contributed by atoms with E-state index in [9.17, 15) is 0 Å². The Morgan fingerprint density at radius 2 is 1.58 bits per heavy atom. The van der Waals surface area contributed by atoms with Crippen LogP contribution >= 0.6 is 23.2 Å². The molecule has 2 aromatic carbocycles. The summed E-state index contributed by atoms with van der Waals surface area (Å²) in [5, 5.41) is 2.80. The standard InChI is InChI=1S/C19H19Cl2N3/c20-15-1-4-17(5-2-15)24-9-7-23(8-10-24)13-14-12-22-19-6-3-16(21)11-18(14)19/h1-6,11-12,22H,7-10,13H2. The highest BCUT2D eigenvalue weighted by molar-refractivity contribution is 6.31. The molecule has 0 aliphatic carbocycles. The van der Waals surface area contributed by atoms with Gasteiger partial charge in [0, 0.05) is 65.6 Å².